The van der Waals surface area contributed by atoms with Crippen LogP contribution in [0.1, 0.15) is 48.0 Å². The molecule has 0 N–H and O–H groups in total. The highest BCUT2D eigenvalue weighted by atomic mass is 14.3. The highest BCUT2D eigenvalue weighted by molar-refractivity contribution is 4.75. The zero-order valence-corrected chi connectivity index (χ0v) is 8.36. The highest BCUT2D eigenvalue weighted by Crippen LogP contribution is 2.34. The van der Waals surface area contributed by atoms with Crippen LogP contribution in [0.15, 0.2) is 0 Å². The predicted molar refractivity (Wildman–Crippen MR) is 48.1 cm³/mol. The van der Waals surface area contributed by atoms with E-state index in [1.54, 1.807) is 0 Å². The first-order valence-corrected chi connectivity index (χ1v) is 4.41. The summed E-state index contributed by atoms with van der Waals surface area (Å²) in [6, 6.07) is 0. The summed E-state index contributed by atoms with van der Waals surface area (Å²) in [6.07, 6.45) is 1.28. The first-order chi connectivity index (χ1) is 4.41. The lowest BCUT2D eigenvalue weighted by Gasteiger charge is -2.33. The van der Waals surface area contributed by atoms with Gasteiger partial charge in [0, 0.05) is 0 Å². The Balaban J connectivity index is 4.03. The van der Waals surface area contributed by atoms with Gasteiger partial charge in [-0.25, -0.2) is 0 Å². The summed E-state index contributed by atoms with van der Waals surface area (Å²) >= 11 is 0. The van der Waals surface area contributed by atoms with Crippen molar-refractivity contribution in [3.63, 3.8) is 0 Å². The summed E-state index contributed by atoms with van der Waals surface area (Å²) in [4.78, 5) is 0. The highest BCUT2D eigenvalue weighted by Gasteiger charge is 2.25. The van der Waals surface area contributed by atoms with E-state index in [0.29, 0.717) is 5.41 Å². The molecule has 0 bridgehead atoms. The van der Waals surface area contributed by atoms with Crippen LogP contribution >= 0.6 is 0 Å². The van der Waals surface area contributed by atoms with Crippen LogP contribution in [0.25, 0.3) is 0 Å². The molecule has 0 fully saturated rings. The predicted octanol–water partition coefficient (Wildman–Crippen LogP) is 3.71. The average Bonchev–Trinajstić information content (AvgIpc) is 1.86. The van der Waals surface area contributed by atoms with Gasteiger partial charge < -0.3 is 0 Å². The van der Waals surface area contributed by atoms with Crippen LogP contribution in [0.4, 0.5) is 0 Å². The Morgan fingerprint density at radius 1 is 1.10 bits per heavy atom. The lowest BCUT2D eigenvalue weighted by atomic mass is 9.72. The molecule has 10 heavy (non-hydrogen) atoms. The fourth-order valence-electron chi connectivity index (χ4n) is 1.22. The molecule has 0 saturated heterocycles. The minimum absolute atomic E-state index is 0.522. The van der Waals surface area contributed by atoms with Crippen LogP contribution in [0, 0.1) is 17.3 Å². The zero-order chi connectivity index (χ0) is 8.36. The Morgan fingerprint density at radius 2 is 1.50 bits per heavy atom. The minimum atomic E-state index is 0.522. The fraction of sp³-hybridized carbons (Fsp3) is 1.00. The molecule has 0 aromatic rings. The van der Waals surface area contributed by atoms with Crippen LogP contribution in [0.2, 0.25) is 0 Å². The van der Waals surface area contributed by atoms with Gasteiger partial charge in [-0.05, 0) is 17.3 Å². The maximum Gasteiger partial charge on any atom is -0.0329 e. The van der Waals surface area contributed by atoms with Crippen LogP contribution in [-0.2, 0) is 0 Å². The molecule has 0 amide bonds. The molecule has 0 spiro atoms. The molecule has 0 aliphatic carbocycles. The van der Waals surface area contributed by atoms with Crippen LogP contribution in [-0.4, -0.2) is 0 Å². The third kappa shape index (κ3) is 2.32. The third-order valence-electron chi connectivity index (χ3n) is 3.14. The first-order valence-electron chi connectivity index (χ1n) is 4.41. The molecule has 1 unspecified atom stereocenters. The third-order valence-corrected chi connectivity index (χ3v) is 3.14. The Kier molecular flexibility index (Phi) is 3.41. The second-order valence-corrected chi connectivity index (χ2v) is 4.37. The molecule has 0 aliphatic rings. The van der Waals surface area contributed by atoms with Gasteiger partial charge in [0.25, 0.3) is 0 Å². The lowest BCUT2D eigenvalue weighted by Crippen LogP contribution is -2.24. The molecule has 0 saturated carbocycles. The molecule has 0 aliphatic heterocycles. The van der Waals surface area contributed by atoms with Gasteiger partial charge in [-0.1, -0.05) is 48.0 Å². The number of hydrogen-bond donors (Lipinski definition) is 0. The smallest absolute Gasteiger partial charge is 0.0329 e. The van der Waals surface area contributed by atoms with Gasteiger partial charge in [-0.15, -0.1) is 0 Å². The van der Waals surface area contributed by atoms with Crippen molar-refractivity contribution in [1.29, 1.82) is 0 Å². The number of rotatable bonds is 3. The molecular formula is C10H22. The Hall–Kier alpha value is 0. The molecule has 0 heterocycles. The van der Waals surface area contributed by atoms with Crippen molar-refractivity contribution in [3.05, 3.63) is 0 Å². The Bertz CT molecular complexity index is 90.2. The monoisotopic (exact) mass is 142 g/mol. The summed E-state index contributed by atoms with van der Waals surface area (Å²) in [5, 5.41) is 0. The molecular weight excluding hydrogens is 120 g/mol. The van der Waals surface area contributed by atoms with E-state index < -0.39 is 0 Å². The maximum atomic E-state index is 2.36. The summed E-state index contributed by atoms with van der Waals surface area (Å²) in [5.41, 5.74) is 0.522. The molecule has 0 rings (SSSR count). The maximum absolute atomic E-state index is 2.36. The van der Waals surface area contributed by atoms with E-state index in [-0.39, 0.29) is 0 Å². The van der Waals surface area contributed by atoms with Crippen molar-refractivity contribution in [2.24, 2.45) is 17.3 Å². The average molecular weight is 142 g/mol. The van der Waals surface area contributed by atoms with E-state index in [4.69, 9.17) is 0 Å². The van der Waals surface area contributed by atoms with E-state index in [9.17, 15) is 0 Å². The van der Waals surface area contributed by atoms with E-state index in [1.165, 1.54) is 6.42 Å². The van der Waals surface area contributed by atoms with Gasteiger partial charge >= 0.3 is 0 Å². The minimum Gasteiger partial charge on any atom is -0.0649 e. The van der Waals surface area contributed by atoms with Gasteiger partial charge in [0.2, 0.25) is 0 Å². The van der Waals surface area contributed by atoms with Gasteiger partial charge in [-0.2, -0.15) is 0 Å². The first kappa shape index (κ1) is 10.0. The summed E-state index contributed by atoms with van der Waals surface area (Å²) in [5.74, 6) is 1.65. The van der Waals surface area contributed by atoms with E-state index in [2.05, 4.69) is 41.5 Å². The topological polar surface area (TPSA) is 0 Å². The van der Waals surface area contributed by atoms with Gasteiger partial charge in [0.1, 0.15) is 0 Å². The standard InChI is InChI=1S/C10H22/c1-7-10(5,6)9(4)8(2)3/h8-9H,7H2,1-6H3. The molecule has 1 atom stereocenters. The van der Waals surface area contributed by atoms with Gasteiger partial charge in [0.15, 0.2) is 0 Å². The molecule has 0 aromatic heterocycles. The zero-order valence-electron chi connectivity index (χ0n) is 8.36. The summed E-state index contributed by atoms with van der Waals surface area (Å²) < 4.78 is 0. The fourth-order valence-corrected chi connectivity index (χ4v) is 1.22. The quantitative estimate of drug-likeness (QED) is 0.563. The van der Waals surface area contributed by atoms with Crippen molar-refractivity contribution in [1.82, 2.24) is 0 Å². The van der Waals surface area contributed by atoms with E-state index in [1.807, 2.05) is 0 Å². The lowest BCUT2D eigenvalue weighted by molar-refractivity contribution is 0.168. The van der Waals surface area contributed by atoms with Crippen molar-refractivity contribution in [3.8, 4) is 0 Å². The largest absolute Gasteiger partial charge is 0.0649 e. The molecule has 0 radical (unpaired) electrons. The molecule has 0 aromatic carbocycles. The summed E-state index contributed by atoms with van der Waals surface area (Å²) in [7, 11) is 0. The Labute approximate surface area is 66.0 Å². The van der Waals surface area contributed by atoms with E-state index in [0.717, 1.165) is 11.8 Å². The second-order valence-electron chi connectivity index (χ2n) is 4.37. The van der Waals surface area contributed by atoms with Crippen LogP contribution in [0.3, 0.4) is 0 Å². The second kappa shape index (κ2) is 3.41. The normalized spacial score (nSPS) is 15.9. The van der Waals surface area contributed by atoms with E-state index >= 15 is 0 Å². The van der Waals surface area contributed by atoms with Crippen LogP contribution in [0.5, 0.6) is 0 Å². The SMILES string of the molecule is CCC(C)(C)C(C)C(C)C. The van der Waals surface area contributed by atoms with Crippen LogP contribution < -0.4 is 0 Å². The van der Waals surface area contributed by atoms with Crippen molar-refractivity contribution in [2.75, 3.05) is 0 Å². The molecule has 62 valence electrons. The Morgan fingerprint density at radius 3 is 1.60 bits per heavy atom. The number of hydrogen-bond acceptors (Lipinski definition) is 0. The molecule has 0 nitrogen and oxygen atoms in total. The van der Waals surface area contributed by atoms with Crippen molar-refractivity contribution in [2.45, 2.75) is 48.0 Å². The summed E-state index contributed by atoms with van der Waals surface area (Å²) in [6.45, 7) is 14.0. The molecule has 0 heteroatoms. The van der Waals surface area contributed by atoms with Crippen molar-refractivity contribution >= 4 is 0 Å². The van der Waals surface area contributed by atoms with Gasteiger partial charge in [0.05, 0.1) is 0 Å². The van der Waals surface area contributed by atoms with Crippen molar-refractivity contribution < 1.29 is 0 Å². The van der Waals surface area contributed by atoms with Gasteiger partial charge in [-0.3, -0.25) is 0 Å².